The molecule has 3 nitrogen and oxygen atoms in total. The molecule has 0 bridgehead atoms. The summed E-state index contributed by atoms with van der Waals surface area (Å²) in [6.45, 7) is 0.943. The second-order valence-electron chi connectivity index (χ2n) is 4.59. The minimum atomic E-state index is 0.313. The van der Waals surface area contributed by atoms with Crippen molar-refractivity contribution in [1.29, 1.82) is 0 Å². The number of aromatic amines is 1. The first-order chi connectivity index (χ1) is 7.36. The lowest BCUT2D eigenvalue weighted by Crippen LogP contribution is -2.31. The third-order valence-electron chi connectivity index (χ3n) is 3.44. The molecule has 2 heterocycles. The van der Waals surface area contributed by atoms with Crippen LogP contribution in [0.5, 0.6) is 0 Å². The fraction of sp³-hybridized carbons (Fsp3) is 0.583. The van der Waals surface area contributed by atoms with E-state index in [0.717, 1.165) is 32.2 Å². The zero-order valence-electron chi connectivity index (χ0n) is 8.78. The molecule has 1 aromatic heterocycles. The van der Waals surface area contributed by atoms with E-state index >= 15 is 0 Å². The molecule has 2 aliphatic rings. The van der Waals surface area contributed by atoms with E-state index in [0.29, 0.717) is 17.9 Å². The molecule has 1 amide bonds. The number of hydrogen-bond acceptors (Lipinski definition) is 1. The number of H-pyrrole nitrogens is 1. The summed E-state index contributed by atoms with van der Waals surface area (Å²) in [5.41, 5.74) is 1.20. The van der Waals surface area contributed by atoms with Gasteiger partial charge in [0, 0.05) is 24.4 Å². The fourth-order valence-corrected chi connectivity index (χ4v) is 2.47. The fourth-order valence-electron chi connectivity index (χ4n) is 2.47. The molecular formula is C12H16N2O. The number of nitrogens with zero attached hydrogens (tertiary/aromatic N) is 1. The smallest absolute Gasteiger partial charge is 0.226 e. The van der Waals surface area contributed by atoms with Crippen LogP contribution in [0.2, 0.25) is 0 Å². The monoisotopic (exact) mass is 204 g/mol. The van der Waals surface area contributed by atoms with Gasteiger partial charge in [0.25, 0.3) is 0 Å². The summed E-state index contributed by atoms with van der Waals surface area (Å²) < 4.78 is 0. The van der Waals surface area contributed by atoms with Crippen LogP contribution < -0.4 is 0 Å². The van der Waals surface area contributed by atoms with Crippen molar-refractivity contribution in [3.05, 3.63) is 24.0 Å². The van der Waals surface area contributed by atoms with E-state index in [1.165, 1.54) is 5.69 Å². The number of likely N-dealkylation sites (tertiary alicyclic amines) is 1. The number of hydrogen-bond donors (Lipinski definition) is 1. The molecule has 1 atom stereocenters. The molecular weight excluding hydrogens is 188 g/mol. The van der Waals surface area contributed by atoms with Crippen LogP contribution in [0.3, 0.4) is 0 Å². The summed E-state index contributed by atoms with van der Waals surface area (Å²) in [4.78, 5) is 17.3. The van der Waals surface area contributed by atoms with Gasteiger partial charge < -0.3 is 9.88 Å². The third-order valence-corrected chi connectivity index (χ3v) is 3.44. The number of carbonyl (C=O) groups is 1. The van der Waals surface area contributed by atoms with Gasteiger partial charge in [-0.3, -0.25) is 4.79 Å². The number of aromatic nitrogens is 1. The van der Waals surface area contributed by atoms with Crippen LogP contribution in [-0.2, 0) is 4.79 Å². The van der Waals surface area contributed by atoms with Gasteiger partial charge in [0.05, 0.1) is 6.04 Å². The molecule has 0 spiro atoms. The average Bonchev–Trinajstić information content (AvgIpc) is 2.80. The third kappa shape index (κ3) is 1.56. The molecule has 1 saturated carbocycles. The molecule has 1 aliphatic heterocycles. The summed E-state index contributed by atoms with van der Waals surface area (Å²) in [5.74, 6) is 0.729. The first-order valence-electron chi connectivity index (χ1n) is 5.80. The number of carbonyl (C=O) groups excluding carboxylic acids is 1. The predicted molar refractivity (Wildman–Crippen MR) is 57.2 cm³/mol. The van der Waals surface area contributed by atoms with Gasteiger partial charge in [-0.05, 0) is 37.8 Å². The van der Waals surface area contributed by atoms with Gasteiger partial charge in [-0.2, -0.15) is 0 Å². The van der Waals surface area contributed by atoms with Crippen LogP contribution in [0.15, 0.2) is 18.3 Å². The highest BCUT2D eigenvalue weighted by atomic mass is 16.2. The lowest BCUT2D eigenvalue weighted by molar-refractivity contribution is -0.133. The van der Waals surface area contributed by atoms with E-state index in [4.69, 9.17) is 0 Å². The molecule has 0 radical (unpaired) electrons. The van der Waals surface area contributed by atoms with Crippen LogP contribution in [-0.4, -0.2) is 22.3 Å². The molecule has 1 N–H and O–H groups in total. The summed E-state index contributed by atoms with van der Waals surface area (Å²) in [6.07, 6.45) is 6.40. The van der Waals surface area contributed by atoms with Crippen LogP contribution in [0.4, 0.5) is 0 Å². The molecule has 3 heteroatoms. The summed E-state index contributed by atoms with van der Waals surface area (Å²) in [7, 11) is 0. The maximum Gasteiger partial charge on any atom is 0.226 e. The Balaban J connectivity index is 1.79. The van der Waals surface area contributed by atoms with Crippen molar-refractivity contribution < 1.29 is 4.79 Å². The largest absolute Gasteiger partial charge is 0.363 e. The van der Waals surface area contributed by atoms with Crippen molar-refractivity contribution in [1.82, 2.24) is 9.88 Å². The van der Waals surface area contributed by atoms with Gasteiger partial charge in [0.1, 0.15) is 0 Å². The Morgan fingerprint density at radius 2 is 2.27 bits per heavy atom. The van der Waals surface area contributed by atoms with Gasteiger partial charge in [0.2, 0.25) is 5.91 Å². The Labute approximate surface area is 89.5 Å². The molecule has 1 saturated heterocycles. The predicted octanol–water partition coefficient (Wildman–Crippen LogP) is 2.09. The van der Waals surface area contributed by atoms with E-state index < -0.39 is 0 Å². The molecule has 80 valence electrons. The van der Waals surface area contributed by atoms with Crippen molar-refractivity contribution in [3.8, 4) is 0 Å². The van der Waals surface area contributed by atoms with Crippen molar-refractivity contribution in [3.63, 3.8) is 0 Å². The Kier molecular flexibility index (Phi) is 2.04. The number of nitrogens with one attached hydrogen (secondary N) is 1. The van der Waals surface area contributed by atoms with Crippen LogP contribution in [0.25, 0.3) is 0 Å². The van der Waals surface area contributed by atoms with E-state index in [-0.39, 0.29) is 0 Å². The number of amides is 1. The van der Waals surface area contributed by atoms with Crippen molar-refractivity contribution >= 4 is 5.91 Å². The van der Waals surface area contributed by atoms with Crippen LogP contribution in [0, 0.1) is 5.92 Å². The van der Waals surface area contributed by atoms with Gasteiger partial charge in [-0.1, -0.05) is 0 Å². The van der Waals surface area contributed by atoms with Gasteiger partial charge in [-0.25, -0.2) is 0 Å². The van der Waals surface area contributed by atoms with Crippen molar-refractivity contribution in [2.45, 2.75) is 31.7 Å². The van der Waals surface area contributed by atoms with E-state index in [1.54, 1.807) is 0 Å². The lowest BCUT2D eigenvalue weighted by Gasteiger charge is -2.24. The summed E-state index contributed by atoms with van der Waals surface area (Å²) in [5, 5.41) is 0. The first kappa shape index (κ1) is 9.01. The van der Waals surface area contributed by atoms with E-state index in [9.17, 15) is 4.79 Å². The van der Waals surface area contributed by atoms with E-state index in [1.807, 2.05) is 12.3 Å². The zero-order chi connectivity index (χ0) is 10.3. The number of rotatable bonds is 2. The molecule has 1 unspecified atom stereocenters. The molecule has 0 aromatic carbocycles. The Hall–Kier alpha value is -1.25. The van der Waals surface area contributed by atoms with Gasteiger partial charge in [-0.15, -0.1) is 0 Å². The lowest BCUT2D eigenvalue weighted by atomic mass is 10.1. The summed E-state index contributed by atoms with van der Waals surface area (Å²) in [6, 6.07) is 4.41. The van der Waals surface area contributed by atoms with Crippen molar-refractivity contribution in [2.75, 3.05) is 6.54 Å². The van der Waals surface area contributed by atoms with Crippen molar-refractivity contribution in [2.24, 2.45) is 5.92 Å². The van der Waals surface area contributed by atoms with E-state index in [2.05, 4.69) is 16.0 Å². The quantitative estimate of drug-likeness (QED) is 0.786. The van der Waals surface area contributed by atoms with Gasteiger partial charge >= 0.3 is 0 Å². The minimum absolute atomic E-state index is 0.313. The zero-order valence-corrected chi connectivity index (χ0v) is 8.78. The maximum absolute atomic E-state index is 12.0. The first-order valence-corrected chi connectivity index (χ1v) is 5.80. The standard InChI is InChI=1S/C12H16N2O/c15-12(9-5-6-9)14-8-2-4-11(14)10-3-1-7-13-10/h1,3,7,9,11,13H,2,4-6,8H2. The highest BCUT2D eigenvalue weighted by molar-refractivity contribution is 5.81. The SMILES string of the molecule is O=C(C1CC1)N1CCCC1c1ccc[nH]1. The molecule has 2 fully saturated rings. The van der Waals surface area contributed by atoms with Crippen LogP contribution in [0.1, 0.15) is 37.4 Å². The second kappa shape index (κ2) is 3.40. The topological polar surface area (TPSA) is 36.1 Å². The molecule has 3 rings (SSSR count). The normalized spacial score (nSPS) is 25.9. The van der Waals surface area contributed by atoms with Crippen LogP contribution >= 0.6 is 0 Å². The van der Waals surface area contributed by atoms with Gasteiger partial charge in [0.15, 0.2) is 0 Å². The maximum atomic E-state index is 12.0. The molecule has 1 aliphatic carbocycles. The average molecular weight is 204 g/mol. The Bertz CT molecular complexity index is 354. The Morgan fingerprint density at radius 3 is 2.93 bits per heavy atom. The summed E-state index contributed by atoms with van der Waals surface area (Å²) >= 11 is 0. The minimum Gasteiger partial charge on any atom is -0.363 e. The highest BCUT2D eigenvalue weighted by Gasteiger charge is 2.38. The molecule has 15 heavy (non-hydrogen) atoms. The second-order valence-corrected chi connectivity index (χ2v) is 4.59. The molecule has 1 aromatic rings. The highest BCUT2D eigenvalue weighted by Crippen LogP contribution is 2.38. The Morgan fingerprint density at radius 1 is 1.40 bits per heavy atom.